The van der Waals surface area contributed by atoms with Gasteiger partial charge in [-0.25, -0.2) is 18.4 Å². The molecule has 0 N–H and O–H groups in total. The number of amides is 1. The second kappa shape index (κ2) is 6.08. The van der Waals surface area contributed by atoms with Crippen molar-refractivity contribution in [2.45, 2.75) is 11.2 Å². The van der Waals surface area contributed by atoms with Crippen molar-refractivity contribution in [3.05, 3.63) is 42.5 Å². The van der Waals surface area contributed by atoms with Crippen LogP contribution < -0.4 is 4.74 Å². The molecule has 0 saturated carbocycles. The number of ether oxygens (including phenoxy) is 1. The summed E-state index contributed by atoms with van der Waals surface area (Å²) >= 11 is 0. The Morgan fingerprint density at radius 1 is 1.31 bits per heavy atom. The molecule has 2 aromatic rings. The summed E-state index contributed by atoms with van der Waals surface area (Å²) in [4.78, 5) is 22.2. The highest BCUT2D eigenvalue weighted by Crippen LogP contribution is 2.45. The summed E-state index contributed by atoms with van der Waals surface area (Å²) in [7, 11) is -1.47. The Labute approximate surface area is 151 Å². The van der Waals surface area contributed by atoms with Gasteiger partial charge in [-0.15, -0.1) is 0 Å². The minimum atomic E-state index is -3.27. The average Bonchev–Trinajstić information content (AvgIpc) is 3.12. The fourth-order valence-corrected chi connectivity index (χ4v) is 6.23. The summed E-state index contributed by atoms with van der Waals surface area (Å²) in [6, 6.07) is 5.46. The molecule has 4 rings (SSSR count). The number of carbonyl (C=O) groups is 1. The van der Waals surface area contributed by atoms with Crippen LogP contribution in [0.2, 0.25) is 0 Å². The van der Waals surface area contributed by atoms with Gasteiger partial charge in [0.25, 0.3) is 5.91 Å². The lowest BCUT2D eigenvalue weighted by Gasteiger charge is -2.49. The molecule has 0 radical (unpaired) electrons. The van der Waals surface area contributed by atoms with Gasteiger partial charge in [-0.05, 0) is 24.6 Å². The van der Waals surface area contributed by atoms with Crippen LogP contribution in [0.15, 0.2) is 36.8 Å². The standard InChI is InChI=1S/C17H20N4O4S/c1-20-8-2-4-14(20)15(22)21-11-17(12-21)13(5-9-26(17,23)24)10-25-16-18-6-3-7-19-16/h2-4,6-8,13H,5,9-12H2,1H3/t13-/m1/s1. The van der Waals surface area contributed by atoms with Crippen LogP contribution in [0.5, 0.6) is 6.01 Å². The number of aryl methyl sites for hydroxylation is 1. The maximum atomic E-state index is 12.7. The SMILES string of the molecule is Cn1cccc1C(=O)N1CC2(C1)[C@@H](COc1ncccn1)CCS2(=O)=O. The van der Waals surface area contributed by atoms with Gasteiger partial charge in [-0.1, -0.05) is 0 Å². The third-order valence-electron chi connectivity index (χ3n) is 5.42. The minimum Gasteiger partial charge on any atom is -0.463 e. The van der Waals surface area contributed by atoms with Gasteiger partial charge in [-0.3, -0.25) is 4.79 Å². The molecule has 2 fully saturated rings. The molecule has 1 amide bonds. The zero-order chi connectivity index (χ0) is 18.4. The van der Waals surface area contributed by atoms with E-state index < -0.39 is 14.6 Å². The van der Waals surface area contributed by atoms with Gasteiger partial charge >= 0.3 is 6.01 Å². The topological polar surface area (TPSA) is 94.4 Å². The van der Waals surface area contributed by atoms with E-state index in [0.717, 1.165) is 0 Å². The third-order valence-corrected chi connectivity index (χ3v) is 8.02. The lowest BCUT2D eigenvalue weighted by Crippen LogP contribution is -2.69. The number of nitrogens with zero attached hydrogens (tertiary/aromatic N) is 4. The molecule has 8 nitrogen and oxygen atoms in total. The molecular formula is C17H20N4O4S. The number of hydrogen-bond donors (Lipinski definition) is 0. The summed E-state index contributed by atoms with van der Waals surface area (Å²) in [5.41, 5.74) is 0.556. The van der Waals surface area contributed by atoms with Gasteiger partial charge in [0.1, 0.15) is 10.4 Å². The molecule has 2 aliphatic heterocycles. The van der Waals surface area contributed by atoms with E-state index in [1.165, 1.54) is 0 Å². The van der Waals surface area contributed by atoms with Gasteiger partial charge in [0, 0.05) is 44.6 Å². The Kier molecular flexibility index (Phi) is 3.98. The summed E-state index contributed by atoms with van der Waals surface area (Å²) in [6.07, 6.45) is 5.48. The molecule has 0 aromatic carbocycles. The Morgan fingerprint density at radius 3 is 2.69 bits per heavy atom. The first-order valence-electron chi connectivity index (χ1n) is 8.46. The molecule has 2 saturated heterocycles. The van der Waals surface area contributed by atoms with E-state index in [2.05, 4.69) is 9.97 Å². The number of likely N-dealkylation sites (tertiary alicyclic amines) is 1. The van der Waals surface area contributed by atoms with Crippen LogP contribution in [0, 0.1) is 5.92 Å². The normalized spacial score (nSPS) is 23.0. The van der Waals surface area contributed by atoms with Gasteiger partial charge in [0.2, 0.25) is 0 Å². The number of hydrogen-bond acceptors (Lipinski definition) is 6. The highest BCUT2D eigenvalue weighted by atomic mass is 32.2. The molecule has 1 atom stereocenters. The third kappa shape index (κ3) is 2.57. The molecular weight excluding hydrogens is 356 g/mol. The van der Waals surface area contributed by atoms with Crippen molar-refractivity contribution < 1.29 is 17.9 Å². The van der Waals surface area contributed by atoms with Crippen molar-refractivity contribution in [2.24, 2.45) is 13.0 Å². The van der Waals surface area contributed by atoms with Crippen molar-refractivity contribution in [3.8, 4) is 6.01 Å². The van der Waals surface area contributed by atoms with E-state index >= 15 is 0 Å². The largest absolute Gasteiger partial charge is 0.463 e. The quantitative estimate of drug-likeness (QED) is 0.772. The van der Waals surface area contributed by atoms with E-state index in [4.69, 9.17) is 4.74 Å². The van der Waals surface area contributed by atoms with E-state index in [9.17, 15) is 13.2 Å². The van der Waals surface area contributed by atoms with E-state index in [1.807, 2.05) is 0 Å². The smallest absolute Gasteiger partial charge is 0.316 e. The lowest BCUT2D eigenvalue weighted by atomic mass is 9.83. The zero-order valence-electron chi connectivity index (χ0n) is 14.4. The minimum absolute atomic E-state index is 0.128. The van der Waals surface area contributed by atoms with Crippen LogP contribution in [-0.2, 0) is 16.9 Å². The Bertz CT molecular complexity index is 919. The van der Waals surface area contributed by atoms with Crippen molar-refractivity contribution >= 4 is 15.7 Å². The highest BCUT2D eigenvalue weighted by Gasteiger charge is 2.62. The predicted octanol–water partition coefficient (Wildman–Crippen LogP) is 0.523. The lowest BCUT2D eigenvalue weighted by molar-refractivity contribution is 0.0395. The highest BCUT2D eigenvalue weighted by molar-refractivity contribution is 7.93. The molecule has 26 heavy (non-hydrogen) atoms. The zero-order valence-corrected chi connectivity index (χ0v) is 15.2. The Morgan fingerprint density at radius 2 is 2.04 bits per heavy atom. The van der Waals surface area contributed by atoms with Crippen LogP contribution in [0.3, 0.4) is 0 Å². The maximum absolute atomic E-state index is 12.7. The summed E-state index contributed by atoms with van der Waals surface area (Å²) in [6.45, 7) is 0.654. The summed E-state index contributed by atoms with van der Waals surface area (Å²) in [5, 5.41) is 0. The monoisotopic (exact) mass is 376 g/mol. The van der Waals surface area contributed by atoms with Crippen LogP contribution in [-0.4, -0.2) is 64.0 Å². The molecule has 0 aliphatic carbocycles. The summed E-state index contributed by atoms with van der Waals surface area (Å²) in [5.74, 6) is -0.187. The Hall–Kier alpha value is -2.42. The molecule has 0 unspecified atom stereocenters. The summed E-state index contributed by atoms with van der Waals surface area (Å²) < 4.78 is 31.8. The van der Waals surface area contributed by atoms with Gasteiger partial charge in [-0.2, -0.15) is 0 Å². The number of carbonyl (C=O) groups excluding carboxylic acids is 1. The number of aromatic nitrogens is 3. The van der Waals surface area contributed by atoms with Crippen LogP contribution in [0.1, 0.15) is 16.9 Å². The average molecular weight is 376 g/mol. The first-order valence-corrected chi connectivity index (χ1v) is 10.1. The van der Waals surface area contributed by atoms with Crippen molar-refractivity contribution in [1.29, 1.82) is 0 Å². The molecule has 138 valence electrons. The Balaban J connectivity index is 1.48. The van der Waals surface area contributed by atoms with Gasteiger partial charge < -0.3 is 14.2 Å². The molecule has 0 bridgehead atoms. The number of rotatable bonds is 4. The molecule has 2 aliphatic rings. The predicted molar refractivity (Wildman–Crippen MR) is 93.5 cm³/mol. The molecule has 4 heterocycles. The van der Waals surface area contributed by atoms with Crippen molar-refractivity contribution in [3.63, 3.8) is 0 Å². The van der Waals surface area contributed by atoms with E-state index in [-0.39, 0.29) is 43.3 Å². The van der Waals surface area contributed by atoms with Crippen molar-refractivity contribution in [2.75, 3.05) is 25.4 Å². The van der Waals surface area contributed by atoms with Gasteiger partial charge in [0.15, 0.2) is 9.84 Å². The number of sulfone groups is 1. The van der Waals surface area contributed by atoms with E-state index in [1.54, 1.807) is 53.3 Å². The van der Waals surface area contributed by atoms with Gasteiger partial charge in [0.05, 0.1) is 12.4 Å². The second-order valence-electron chi connectivity index (χ2n) is 6.88. The molecule has 9 heteroatoms. The van der Waals surface area contributed by atoms with Crippen LogP contribution in [0.4, 0.5) is 0 Å². The van der Waals surface area contributed by atoms with Crippen LogP contribution >= 0.6 is 0 Å². The van der Waals surface area contributed by atoms with E-state index in [0.29, 0.717) is 12.1 Å². The van der Waals surface area contributed by atoms with Crippen LogP contribution in [0.25, 0.3) is 0 Å². The second-order valence-corrected chi connectivity index (χ2v) is 9.33. The fraction of sp³-hybridized carbons (Fsp3) is 0.471. The fourth-order valence-electron chi connectivity index (χ4n) is 3.83. The molecule has 1 spiro atoms. The van der Waals surface area contributed by atoms with Crippen molar-refractivity contribution in [1.82, 2.24) is 19.4 Å². The maximum Gasteiger partial charge on any atom is 0.316 e. The molecule has 2 aromatic heterocycles. The first-order chi connectivity index (χ1) is 12.4. The first kappa shape index (κ1) is 17.0.